The molecule has 0 unspecified atom stereocenters. The van der Waals surface area contributed by atoms with Crippen LogP contribution in [0, 0.1) is 0 Å². The van der Waals surface area contributed by atoms with E-state index in [0.717, 1.165) is 25.8 Å². The maximum atomic E-state index is 11.0. The third-order valence-electron chi connectivity index (χ3n) is 2.20. The van der Waals surface area contributed by atoms with Crippen molar-refractivity contribution in [3.05, 3.63) is 0 Å². The molecule has 72 valence electrons. The van der Waals surface area contributed by atoms with Gasteiger partial charge in [0.25, 0.3) is 0 Å². The SMILES string of the molecule is CCCCN[C@@H]1CCS(=O)(=O)C1. The van der Waals surface area contributed by atoms with Crippen LogP contribution in [0.3, 0.4) is 0 Å². The van der Waals surface area contributed by atoms with Crippen molar-refractivity contribution in [3.8, 4) is 0 Å². The van der Waals surface area contributed by atoms with Crippen molar-refractivity contribution in [2.45, 2.75) is 32.2 Å². The molecular weight excluding hydrogens is 174 g/mol. The van der Waals surface area contributed by atoms with Crippen LogP contribution in [0.5, 0.6) is 0 Å². The fourth-order valence-electron chi connectivity index (χ4n) is 1.44. The number of sulfone groups is 1. The standard InChI is InChI=1S/C8H17NO2S/c1-2-3-5-9-8-4-6-12(10,11)7-8/h8-9H,2-7H2,1H3/t8-/m1/s1. The molecule has 1 N–H and O–H groups in total. The zero-order valence-corrected chi connectivity index (χ0v) is 8.36. The summed E-state index contributed by atoms with van der Waals surface area (Å²) in [6.45, 7) is 3.09. The molecule has 0 amide bonds. The van der Waals surface area contributed by atoms with Crippen molar-refractivity contribution in [1.29, 1.82) is 0 Å². The summed E-state index contributed by atoms with van der Waals surface area (Å²) in [5.74, 6) is 0.716. The summed E-state index contributed by atoms with van der Waals surface area (Å²) in [6.07, 6.45) is 3.09. The first-order valence-electron chi connectivity index (χ1n) is 4.58. The zero-order chi connectivity index (χ0) is 9.03. The fourth-order valence-corrected chi connectivity index (χ4v) is 3.15. The lowest BCUT2D eigenvalue weighted by atomic mass is 10.2. The molecule has 1 aliphatic heterocycles. The first-order chi connectivity index (χ1) is 5.64. The van der Waals surface area contributed by atoms with Gasteiger partial charge in [-0.15, -0.1) is 0 Å². The molecule has 0 aliphatic carbocycles. The van der Waals surface area contributed by atoms with Crippen LogP contribution in [0.15, 0.2) is 0 Å². The first-order valence-corrected chi connectivity index (χ1v) is 6.40. The molecule has 4 heteroatoms. The zero-order valence-electron chi connectivity index (χ0n) is 7.54. The van der Waals surface area contributed by atoms with Crippen molar-refractivity contribution in [2.24, 2.45) is 0 Å². The van der Waals surface area contributed by atoms with E-state index in [1.807, 2.05) is 0 Å². The minimum absolute atomic E-state index is 0.224. The molecule has 1 rings (SSSR count). The minimum Gasteiger partial charge on any atom is -0.313 e. The van der Waals surface area contributed by atoms with Gasteiger partial charge in [-0.3, -0.25) is 0 Å². The van der Waals surface area contributed by atoms with Crippen LogP contribution in [0.25, 0.3) is 0 Å². The van der Waals surface area contributed by atoms with Gasteiger partial charge in [0.05, 0.1) is 11.5 Å². The van der Waals surface area contributed by atoms with Gasteiger partial charge in [0.15, 0.2) is 9.84 Å². The van der Waals surface area contributed by atoms with Crippen molar-refractivity contribution in [2.75, 3.05) is 18.1 Å². The van der Waals surface area contributed by atoms with Crippen LogP contribution in [0.4, 0.5) is 0 Å². The number of unbranched alkanes of at least 4 members (excludes halogenated alkanes) is 1. The first kappa shape index (κ1) is 9.99. The van der Waals surface area contributed by atoms with Crippen LogP contribution < -0.4 is 5.32 Å². The van der Waals surface area contributed by atoms with E-state index in [1.54, 1.807) is 0 Å². The van der Waals surface area contributed by atoms with E-state index in [0.29, 0.717) is 11.5 Å². The second kappa shape index (κ2) is 4.23. The number of hydrogen-bond acceptors (Lipinski definition) is 3. The van der Waals surface area contributed by atoms with E-state index in [-0.39, 0.29) is 6.04 Å². The molecule has 1 saturated heterocycles. The summed E-state index contributed by atoms with van der Waals surface area (Å²) < 4.78 is 22.1. The third kappa shape index (κ3) is 3.11. The van der Waals surface area contributed by atoms with Gasteiger partial charge in [0.2, 0.25) is 0 Å². The molecule has 1 fully saturated rings. The third-order valence-corrected chi connectivity index (χ3v) is 3.96. The fraction of sp³-hybridized carbons (Fsp3) is 1.00. The van der Waals surface area contributed by atoms with Gasteiger partial charge in [-0.05, 0) is 19.4 Å². The Balaban J connectivity index is 2.20. The van der Waals surface area contributed by atoms with E-state index in [4.69, 9.17) is 0 Å². The molecule has 3 nitrogen and oxygen atoms in total. The predicted molar refractivity (Wildman–Crippen MR) is 50.0 cm³/mol. The summed E-state index contributed by atoms with van der Waals surface area (Å²) in [5, 5.41) is 3.26. The maximum absolute atomic E-state index is 11.0. The largest absolute Gasteiger partial charge is 0.313 e. The Kier molecular flexibility index (Phi) is 3.53. The van der Waals surface area contributed by atoms with Gasteiger partial charge in [0.1, 0.15) is 0 Å². The molecule has 0 spiro atoms. The van der Waals surface area contributed by atoms with E-state index in [2.05, 4.69) is 12.2 Å². The highest BCUT2D eigenvalue weighted by molar-refractivity contribution is 7.91. The van der Waals surface area contributed by atoms with E-state index >= 15 is 0 Å². The monoisotopic (exact) mass is 191 g/mol. The highest BCUT2D eigenvalue weighted by Gasteiger charge is 2.26. The molecule has 0 aromatic rings. The van der Waals surface area contributed by atoms with Crippen molar-refractivity contribution in [3.63, 3.8) is 0 Å². The summed E-state index contributed by atoms with van der Waals surface area (Å²) in [5.41, 5.74) is 0. The van der Waals surface area contributed by atoms with Crippen LogP contribution in [0.2, 0.25) is 0 Å². The van der Waals surface area contributed by atoms with Crippen molar-refractivity contribution in [1.82, 2.24) is 5.32 Å². The Morgan fingerprint density at radius 3 is 2.75 bits per heavy atom. The summed E-state index contributed by atoms with van der Waals surface area (Å²) >= 11 is 0. The van der Waals surface area contributed by atoms with Crippen LogP contribution in [0.1, 0.15) is 26.2 Å². The Hall–Kier alpha value is -0.0900. The summed E-state index contributed by atoms with van der Waals surface area (Å²) in [7, 11) is -2.70. The summed E-state index contributed by atoms with van der Waals surface area (Å²) in [4.78, 5) is 0. The topological polar surface area (TPSA) is 46.2 Å². The van der Waals surface area contributed by atoms with Gasteiger partial charge in [-0.1, -0.05) is 13.3 Å². The molecule has 0 saturated carbocycles. The van der Waals surface area contributed by atoms with Gasteiger partial charge in [-0.2, -0.15) is 0 Å². The molecule has 1 heterocycles. The molecule has 0 radical (unpaired) electrons. The molecule has 0 aromatic carbocycles. The molecular formula is C8H17NO2S. The smallest absolute Gasteiger partial charge is 0.151 e. The number of nitrogens with one attached hydrogen (secondary N) is 1. The highest BCUT2D eigenvalue weighted by atomic mass is 32.2. The lowest BCUT2D eigenvalue weighted by Gasteiger charge is -2.08. The van der Waals surface area contributed by atoms with E-state index in [1.165, 1.54) is 0 Å². The Labute approximate surface area is 74.5 Å². The normalized spacial score (nSPS) is 27.6. The summed E-state index contributed by atoms with van der Waals surface area (Å²) in [6, 6.07) is 0.224. The molecule has 0 aromatic heterocycles. The maximum Gasteiger partial charge on any atom is 0.151 e. The average Bonchev–Trinajstić information content (AvgIpc) is 2.31. The molecule has 1 aliphatic rings. The van der Waals surface area contributed by atoms with Crippen LogP contribution >= 0.6 is 0 Å². The van der Waals surface area contributed by atoms with Gasteiger partial charge in [0, 0.05) is 6.04 Å². The van der Waals surface area contributed by atoms with Crippen molar-refractivity contribution >= 4 is 9.84 Å². The predicted octanol–water partition coefficient (Wildman–Crippen LogP) is 0.563. The van der Waals surface area contributed by atoms with E-state index in [9.17, 15) is 8.42 Å². The van der Waals surface area contributed by atoms with Gasteiger partial charge < -0.3 is 5.32 Å². The highest BCUT2D eigenvalue weighted by Crippen LogP contribution is 2.10. The second-order valence-electron chi connectivity index (χ2n) is 3.41. The van der Waals surface area contributed by atoms with Gasteiger partial charge in [-0.25, -0.2) is 8.42 Å². The lowest BCUT2D eigenvalue weighted by Crippen LogP contribution is -2.30. The number of rotatable bonds is 4. The average molecular weight is 191 g/mol. The van der Waals surface area contributed by atoms with Crippen molar-refractivity contribution < 1.29 is 8.42 Å². The van der Waals surface area contributed by atoms with Gasteiger partial charge >= 0.3 is 0 Å². The quantitative estimate of drug-likeness (QED) is 0.661. The molecule has 1 atom stereocenters. The lowest BCUT2D eigenvalue weighted by molar-refractivity contribution is 0.539. The molecule has 0 bridgehead atoms. The van der Waals surface area contributed by atoms with Crippen LogP contribution in [-0.4, -0.2) is 32.5 Å². The van der Waals surface area contributed by atoms with Crippen LogP contribution in [-0.2, 0) is 9.84 Å². The second-order valence-corrected chi connectivity index (χ2v) is 5.64. The Morgan fingerprint density at radius 1 is 1.50 bits per heavy atom. The molecule has 12 heavy (non-hydrogen) atoms. The Morgan fingerprint density at radius 2 is 2.25 bits per heavy atom. The van der Waals surface area contributed by atoms with E-state index < -0.39 is 9.84 Å². The Bertz CT molecular complexity index is 223. The minimum atomic E-state index is -2.70. The number of hydrogen-bond donors (Lipinski definition) is 1.